The van der Waals surface area contributed by atoms with E-state index in [0.717, 1.165) is 24.1 Å². The van der Waals surface area contributed by atoms with Gasteiger partial charge in [-0.25, -0.2) is 8.78 Å². The maximum Gasteiger partial charge on any atom is 0.137 e. The van der Waals surface area contributed by atoms with Crippen LogP contribution < -0.4 is 10.1 Å². The molecule has 0 aliphatic carbocycles. The first-order valence-corrected chi connectivity index (χ1v) is 7.04. The zero-order valence-electron chi connectivity index (χ0n) is 11.9. The van der Waals surface area contributed by atoms with Gasteiger partial charge in [0.1, 0.15) is 17.4 Å². The molecule has 2 nitrogen and oxygen atoms in total. The van der Waals surface area contributed by atoms with Crippen LogP contribution in [0.15, 0.2) is 24.3 Å². The fourth-order valence-electron chi connectivity index (χ4n) is 2.72. The Balaban J connectivity index is 0.00000176. The van der Waals surface area contributed by atoms with Gasteiger partial charge in [0, 0.05) is 23.7 Å². The van der Waals surface area contributed by atoms with Crippen LogP contribution in [0.25, 0.3) is 11.1 Å². The summed E-state index contributed by atoms with van der Waals surface area (Å²) in [6, 6.07) is 5.75. The van der Waals surface area contributed by atoms with Crippen molar-refractivity contribution in [3.8, 4) is 16.9 Å². The zero-order valence-corrected chi connectivity index (χ0v) is 13.5. The molecule has 0 unspecified atom stereocenters. The summed E-state index contributed by atoms with van der Waals surface area (Å²) in [6.45, 7) is 1.36. The standard InChI is InChI=1S/C16H14ClF2NO.ClH/c1-21-9-6-14(18)16(15(19)7-9)11-2-3-13(17)10-4-5-20-8-12(10)11;/h2-3,6-7,20H,4-5,8H2,1H3;1H. The second-order valence-corrected chi connectivity index (χ2v) is 5.35. The lowest BCUT2D eigenvalue weighted by atomic mass is 9.91. The van der Waals surface area contributed by atoms with Crippen molar-refractivity contribution in [2.75, 3.05) is 13.7 Å². The minimum Gasteiger partial charge on any atom is -0.497 e. The van der Waals surface area contributed by atoms with Gasteiger partial charge in [0.05, 0.1) is 12.7 Å². The molecule has 1 N–H and O–H groups in total. The second kappa shape index (κ2) is 6.82. The monoisotopic (exact) mass is 345 g/mol. The molecule has 0 bridgehead atoms. The number of benzene rings is 2. The van der Waals surface area contributed by atoms with E-state index in [9.17, 15) is 8.78 Å². The van der Waals surface area contributed by atoms with Crippen molar-refractivity contribution < 1.29 is 13.5 Å². The summed E-state index contributed by atoms with van der Waals surface area (Å²) in [5.74, 6) is -1.11. The Bertz CT molecular complexity index is 684. The molecule has 0 radical (unpaired) electrons. The van der Waals surface area contributed by atoms with E-state index in [4.69, 9.17) is 16.3 Å². The van der Waals surface area contributed by atoms with Gasteiger partial charge in [0.25, 0.3) is 0 Å². The molecule has 118 valence electrons. The molecular weight excluding hydrogens is 331 g/mol. The second-order valence-electron chi connectivity index (χ2n) is 4.94. The molecule has 1 aliphatic rings. The topological polar surface area (TPSA) is 21.3 Å². The van der Waals surface area contributed by atoms with E-state index >= 15 is 0 Å². The molecule has 0 aromatic heterocycles. The number of rotatable bonds is 2. The average molecular weight is 346 g/mol. The first-order valence-electron chi connectivity index (χ1n) is 6.66. The molecule has 2 aromatic rings. The highest BCUT2D eigenvalue weighted by molar-refractivity contribution is 6.31. The highest BCUT2D eigenvalue weighted by Gasteiger charge is 2.21. The van der Waals surface area contributed by atoms with Crippen molar-refractivity contribution in [1.29, 1.82) is 0 Å². The van der Waals surface area contributed by atoms with Gasteiger partial charge in [0.15, 0.2) is 0 Å². The van der Waals surface area contributed by atoms with Gasteiger partial charge in [-0.15, -0.1) is 12.4 Å². The molecular formula is C16H15Cl2F2NO. The van der Waals surface area contributed by atoms with E-state index in [2.05, 4.69) is 5.32 Å². The normalized spacial score (nSPS) is 13.3. The van der Waals surface area contributed by atoms with Crippen molar-refractivity contribution in [3.05, 3.63) is 52.0 Å². The van der Waals surface area contributed by atoms with Gasteiger partial charge in [-0.3, -0.25) is 0 Å². The summed E-state index contributed by atoms with van der Waals surface area (Å²) in [5.41, 5.74) is 2.32. The molecule has 0 saturated heterocycles. The summed E-state index contributed by atoms with van der Waals surface area (Å²) in [6.07, 6.45) is 0.751. The number of hydrogen-bond donors (Lipinski definition) is 1. The molecule has 1 aliphatic heterocycles. The molecule has 3 rings (SSSR count). The van der Waals surface area contributed by atoms with Gasteiger partial charge in [-0.05, 0) is 35.7 Å². The third-order valence-electron chi connectivity index (χ3n) is 3.75. The number of hydrogen-bond acceptors (Lipinski definition) is 2. The first kappa shape index (κ1) is 17.0. The lowest BCUT2D eigenvalue weighted by Gasteiger charge is -2.22. The molecule has 22 heavy (non-hydrogen) atoms. The fraction of sp³-hybridized carbons (Fsp3) is 0.250. The van der Waals surface area contributed by atoms with Gasteiger partial charge in [-0.1, -0.05) is 17.7 Å². The average Bonchev–Trinajstić information content (AvgIpc) is 2.49. The minimum atomic E-state index is -0.637. The van der Waals surface area contributed by atoms with E-state index < -0.39 is 11.6 Å². The Labute approximate surface area is 138 Å². The third-order valence-corrected chi connectivity index (χ3v) is 4.10. The highest BCUT2D eigenvalue weighted by Crippen LogP contribution is 2.36. The fourth-order valence-corrected chi connectivity index (χ4v) is 2.99. The molecule has 0 spiro atoms. The largest absolute Gasteiger partial charge is 0.497 e. The summed E-state index contributed by atoms with van der Waals surface area (Å²) in [7, 11) is 1.38. The summed E-state index contributed by atoms with van der Waals surface area (Å²) < 4.78 is 33.4. The number of fused-ring (bicyclic) bond motifs is 1. The Morgan fingerprint density at radius 3 is 2.45 bits per heavy atom. The van der Waals surface area contributed by atoms with Crippen molar-refractivity contribution in [3.63, 3.8) is 0 Å². The third kappa shape index (κ3) is 2.91. The SMILES string of the molecule is COc1cc(F)c(-c2ccc(Cl)c3c2CNCC3)c(F)c1.Cl. The molecule has 0 fully saturated rings. The molecule has 0 amide bonds. The predicted octanol–water partition coefficient (Wildman–Crippen LogP) is 4.36. The zero-order chi connectivity index (χ0) is 15.0. The molecule has 0 atom stereocenters. The molecule has 6 heteroatoms. The lowest BCUT2D eigenvalue weighted by molar-refractivity contribution is 0.407. The van der Waals surface area contributed by atoms with Crippen LogP contribution in [0.5, 0.6) is 5.75 Å². The number of nitrogens with one attached hydrogen (secondary N) is 1. The Kier molecular flexibility index (Phi) is 5.27. The van der Waals surface area contributed by atoms with Crippen LogP contribution in [-0.4, -0.2) is 13.7 Å². The van der Waals surface area contributed by atoms with Crippen LogP contribution in [-0.2, 0) is 13.0 Å². The van der Waals surface area contributed by atoms with Crippen LogP contribution in [0.1, 0.15) is 11.1 Å². The quantitative estimate of drug-likeness (QED) is 0.872. The summed E-state index contributed by atoms with van der Waals surface area (Å²) in [5, 5.41) is 3.85. The van der Waals surface area contributed by atoms with Crippen LogP contribution in [0.4, 0.5) is 8.78 Å². The molecule has 0 saturated carbocycles. The van der Waals surface area contributed by atoms with Crippen molar-refractivity contribution in [2.45, 2.75) is 13.0 Å². The number of halogens is 4. The summed E-state index contributed by atoms with van der Waals surface area (Å²) in [4.78, 5) is 0. The Morgan fingerprint density at radius 1 is 1.14 bits per heavy atom. The van der Waals surface area contributed by atoms with Crippen molar-refractivity contribution in [1.82, 2.24) is 5.32 Å². The van der Waals surface area contributed by atoms with Crippen LogP contribution in [0.2, 0.25) is 5.02 Å². The number of ether oxygens (including phenoxy) is 1. The van der Waals surface area contributed by atoms with Crippen LogP contribution >= 0.6 is 24.0 Å². The Morgan fingerprint density at radius 2 is 1.82 bits per heavy atom. The van der Waals surface area contributed by atoms with Gasteiger partial charge in [0.2, 0.25) is 0 Å². The van der Waals surface area contributed by atoms with E-state index in [0.29, 0.717) is 17.1 Å². The summed E-state index contributed by atoms with van der Waals surface area (Å²) >= 11 is 6.19. The van der Waals surface area contributed by atoms with Crippen molar-refractivity contribution in [2.24, 2.45) is 0 Å². The Hall–Kier alpha value is -1.36. The van der Waals surface area contributed by atoms with Crippen LogP contribution in [0, 0.1) is 11.6 Å². The molecule has 2 aromatic carbocycles. The predicted molar refractivity (Wildman–Crippen MR) is 86.0 cm³/mol. The van der Waals surface area contributed by atoms with E-state index in [1.807, 2.05) is 0 Å². The van der Waals surface area contributed by atoms with E-state index in [1.165, 1.54) is 19.2 Å². The van der Waals surface area contributed by atoms with Gasteiger partial charge < -0.3 is 10.1 Å². The maximum atomic E-state index is 14.3. The van der Waals surface area contributed by atoms with Gasteiger partial charge >= 0.3 is 0 Å². The van der Waals surface area contributed by atoms with E-state index in [-0.39, 0.29) is 23.7 Å². The van der Waals surface area contributed by atoms with Crippen molar-refractivity contribution >= 4 is 24.0 Å². The number of methoxy groups -OCH3 is 1. The first-order chi connectivity index (χ1) is 10.1. The highest BCUT2D eigenvalue weighted by atomic mass is 35.5. The molecule has 1 heterocycles. The minimum absolute atomic E-state index is 0. The van der Waals surface area contributed by atoms with Crippen LogP contribution in [0.3, 0.4) is 0 Å². The maximum absolute atomic E-state index is 14.3. The smallest absolute Gasteiger partial charge is 0.137 e. The van der Waals surface area contributed by atoms with E-state index in [1.54, 1.807) is 12.1 Å². The lowest BCUT2D eigenvalue weighted by Crippen LogP contribution is -2.24. The van der Waals surface area contributed by atoms with Gasteiger partial charge in [-0.2, -0.15) is 0 Å².